The van der Waals surface area contributed by atoms with Crippen LogP contribution in [-0.2, 0) is 23.0 Å². The molecule has 0 saturated heterocycles. The van der Waals surface area contributed by atoms with E-state index in [0.29, 0.717) is 23.7 Å². The first kappa shape index (κ1) is 18.3. The van der Waals surface area contributed by atoms with Gasteiger partial charge >= 0.3 is 5.76 Å². The molecule has 0 spiro atoms. The molecule has 140 valence electrons. The van der Waals surface area contributed by atoms with Gasteiger partial charge in [-0.2, -0.15) is 4.98 Å². The first-order chi connectivity index (χ1) is 12.1. The van der Waals surface area contributed by atoms with Gasteiger partial charge in [0, 0.05) is 18.0 Å². The van der Waals surface area contributed by atoms with E-state index in [-0.39, 0.29) is 17.0 Å². The maximum Gasteiger partial charge on any atom is 0.420 e. The molecule has 0 aliphatic rings. The van der Waals surface area contributed by atoms with Gasteiger partial charge in [-0.3, -0.25) is 4.57 Å². The number of benzene rings is 1. The lowest BCUT2D eigenvalue weighted by molar-refractivity contribution is 0.375. The maximum atomic E-state index is 12.4. The molecule has 3 rings (SSSR count). The van der Waals surface area contributed by atoms with Gasteiger partial charge in [0.25, 0.3) is 0 Å². The number of fused-ring (bicyclic) bond motifs is 1. The van der Waals surface area contributed by atoms with Crippen molar-refractivity contribution in [1.82, 2.24) is 19.4 Å². The third-order valence-electron chi connectivity index (χ3n) is 3.50. The summed E-state index contributed by atoms with van der Waals surface area (Å²) in [5.41, 5.74) is -0.00515. The van der Waals surface area contributed by atoms with E-state index in [1.165, 1.54) is 22.8 Å². The zero-order chi connectivity index (χ0) is 19.1. The first-order valence-corrected chi connectivity index (χ1v) is 9.56. The van der Waals surface area contributed by atoms with Crippen LogP contribution in [0.1, 0.15) is 39.4 Å². The summed E-state index contributed by atoms with van der Waals surface area (Å²) in [4.78, 5) is 16.3. The van der Waals surface area contributed by atoms with E-state index >= 15 is 0 Å². The monoisotopic (exact) mass is 380 g/mol. The lowest BCUT2D eigenvalue weighted by Crippen LogP contribution is -2.40. The number of rotatable bonds is 5. The first-order valence-electron chi connectivity index (χ1n) is 8.08. The van der Waals surface area contributed by atoms with Gasteiger partial charge in [0.15, 0.2) is 11.4 Å². The van der Waals surface area contributed by atoms with Crippen molar-refractivity contribution in [3.05, 3.63) is 40.5 Å². The fraction of sp³-hybridized carbons (Fsp3) is 0.438. The number of nitrogens with zero attached hydrogens (tertiary/aromatic N) is 3. The Balaban J connectivity index is 1.99. The van der Waals surface area contributed by atoms with Crippen molar-refractivity contribution in [2.75, 3.05) is 0 Å². The average molecular weight is 380 g/mol. The van der Waals surface area contributed by atoms with Gasteiger partial charge in [-0.15, -0.1) is 0 Å². The van der Waals surface area contributed by atoms with Crippen LogP contribution in [0, 0.1) is 0 Å². The second-order valence-corrected chi connectivity index (χ2v) is 8.58. The van der Waals surface area contributed by atoms with Crippen LogP contribution < -0.4 is 10.5 Å². The van der Waals surface area contributed by atoms with Gasteiger partial charge in [-0.05, 0) is 32.9 Å². The number of aromatic nitrogens is 3. The minimum absolute atomic E-state index is 0.0219. The summed E-state index contributed by atoms with van der Waals surface area (Å²) in [5.74, 6) is 0.196. The van der Waals surface area contributed by atoms with Crippen molar-refractivity contribution >= 4 is 21.1 Å². The Labute approximate surface area is 150 Å². The van der Waals surface area contributed by atoms with Crippen LogP contribution in [0.3, 0.4) is 0 Å². The molecule has 2 heterocycles. The maximum absolute atomic E-state index is 12.4. The molecule has 9 nitrogen and oxygen atoms in total. The second kappa shape index (κ2) is 6.36. The largest absolute Gasteiger partial charge is 0.420 e. The van der Waals surface area contributed by atoms with Crippen LogP contribution in [0.4, 0.5) is 0 Å². The minimum atomic E-state index is -3.73. The summed E-state index contributed by atoms with van der Waals surface area (Å²) in [6.45, 7) is 7.19. The highest BCUT2D eigenvalue weighted by Gasteiger charge is 2.23. The summed E-state index contributed by atoms with van der Waals surface area (Å²) in [6.07, 6.45) is 0.593. The lowest BCUT2D eigenvalue weighted by Gasteiger charge is -2.20. The van der Waals surface area contributed by atoms with E-state index in [9.17, 15) is 13.2 Å². The standard InChI is InChI=1S/C16H20N4O5S/c1-5-14-17-13(18-25-14)9-20-11-7-6-10(8-12(11)24-15(20)21)26(22,23)19-16(2,3)4/h6-8,19H,5,9H2,1-4H3. The Kier molecular flexibility index (Phi) is 4.49. The highest BCUT2D eigenvalue weighted by molar-refractivity contribution is 7.89. The average Bonchev–Trinajstić information content (AvgIpc) is 3.09. The predicted octanol–water partition coefficient (Wildman–Crippen LogP) is 1.66. The number of nitrogens with one attached hydrogen (secondary N) is 1. The molecule has 26 heavy (non-hydrogen) atoms. The van der Waals surface area contributed by atoms with Gasteiger partial charge in [0.1, 0.15) is 0 Å². The minimum Gasteiger partial charge on any atom is -0.408 e. The van der Waals surface area contributed by atoms with E-state index in [0.717, 1.165) is 0 Å². The molecule has 0 bridgehead atoms. The summed E-state index contributed by atoms with van der Waals surface area (Å²) < 4.78 is 39.0. The molecule has 1 N–H and O–H groups in total. The van der Waals surface area contributed by atoms with Gasteiger partial charge < -0.3 is 8.94 Å². The number of sulfonamides is 1. The normalized spacial score (nSPS) is 12.8. The van der Waals surface area contributed by atoms with Crippen LogP contribution in [0.2, 0.25) is 0 Å². The molecular formula is C16H20N4O5S. The topological polar surface area (TPSA) is 120 Å². The molecule has 2 aromatic heterocycles. The molecule has 0 radical (unpaired) electrons. The lowest BCUT2D eigenvalue weighted by atomic mass is 10.1. The van der Waals surface area contributed by atoms with Crippen LogP contribution in [0.15, 0.2) is 36.8 Å². The Morgan fingerprint density at radius 3 is 2.62 bits per heavy atom. The SMILES string of the molecule is CCc1nc(Cn2c(=O)oc3cc(S(=O)(=O)NC(C)(C)C)ccc32)no1. The van der Waals surface area contributed by atoms with Gasteiger partial charge in [-0.1, -0.05) is 12.1 Å². The third-order valence-corrected chi connectivity index (χ3v) is 5.26. The number of hydrogen-bond acceptors (Lipinski definition) is 7. The molecule has 1 aromatic carbocycles. The fourth-order valence-electron chi connectivity index (χ4n) is 2.46. The van der Waals surface area contributed by atoms with Crippen molar-refractivity contribution in [3.8, 4) is 0 Å². The molecule has 10 heteroatoms. The number of oxazole rings is 1. The second-order valence-electron chi connectivity index (χ2n) is 6.90. The van der Waals surface area contributed by atoms with Gasteiger partial charge in [0.2, 0.25) is 15.9 Å². The van der Waals surface area contributed by atoms with Crippen molar-refractivity contribution in [3.63, 3.8) is 0 Å². The highest BCUT2D eigenvalue weighted by Crippen LogP contribution is 2.20. The molecule has 0 fully saturated rings. The van der Waals surface area contributed by atoms with E-state index in [4.69, 9.17) is 8.94 Å². The Morgan fingerprint density at radius 1 is 1.27 bits per heavy atom. The molecule has 0 aliphatic carbocycles. The molecular weight excluding hydrogens is 360 g/mol. The summed E-state index contributed by atoms with van der Waals surface area (Å²) in [7, 11) is -3.73. The number of aryl methyl sites for hydroxylation is 1. The smallest absolute Gasteiger partial charge is 0.408 e. The van der Waals surface area contributed by atoms with Crippen LogP contribution >= 0.6 is 0 Å². The van der Waals surface area contributed by atoms with Crippen molar-refractivity contribution < 1.29 is 17.4 Å². The Hall–Kier alpha value is -2.46. The van der Waals surface area contributed by atoms with E-state index in [1.54, 1.807) is 20.8 Å². The zero-order valence-corrected chi connectivity index (χ0v) is 15.8. The quantitative estimate of drug-likeness (QED) is 0.714. The molecule has 0 atom stereocenters. The summed E-state index contributed by atoms with van der Waals surface area (Å²) >= 11 is 0. The van der Waals surface area contributed by atoms with Crippen LogP contribution in [0.25, 0.3) is 11.1 Å². The Bertz CT molecular complexity index is 1100. The van der Waals surface area contributed by atoms with Crippen molar-refractivity contribution in [1.29, 1.82) is 0 Å². The molecule has 0 aliphatic heterocycles. The molecule has 0 saturated carbocycles. The predicted molar refractivity (Wildman–Crippen MR) is 93.3 cm³/mol. The van der Waals surface area contributed by atoms with E-state index in [1.807, 2.05) is 6.92 Å². The molecule has 3 aromatic rings. The van der Waals surface area contributed by atoms with Crippen LogP contribution in [-0.4, -0.2) is 28.7 Å². The molecule has 0 unspecified atom stereocenters. The van der Waals surface area contributed by atoms with Crippen molar-refractivity contribution in [2.24, 2.45) is 0 Å². The zero-order valence-electron chi connectivity index (χ0n) is 14.9. The highest BCUT2D eigenvalue weighted by atomic mass is 32.2. The fourth-order valence-corrected chi connectivity index (χ4v) is 3.90. The van der Waals surface area contributed by atoms with Crippen molar-refractivity contribution in [2.45, 2.75) is 51.1 Å². The van der Waals surface area contributed by atoms with Gasteiger partial charge in [0.05, 0.1) is 17.0 Å². The summed E-state index contributed by atoms with van der Waals surface area (Å²) in [5, 5.41) is 3.81. The Morgan fingerprint density at radius 2 is 2.00 bits per heavy atom. The number of hydrogen-bond donors (Lipinski definition) is 1. The van der Waals surface area contributed by atoms with Gasteiger partial charge in [-0.25, -0.2) is 17.9 Å². The summed E-state index contributed by atoms with van der Waals surface area (Å²) in [6, 6.07) is 4.28. The van der Waals surface area contributed by atoms with E-state index in [2.05, 4.69) is 14.9 Å². The third kappa shape index (κ3) is 3.70. The van der Waals surface area contributed by atoms with Crippen LogP contribution in [0.5, 0.6) is 0 Å². The van der Waals surface area contributed by atoms with E-state index < -0.39 is 21.3 Å². The molecule has 0 amide bonds.